The van der Waals surface area contributed by atoms with Gasteiger partial charge in [-0.15, -0.1) is 0 Å². The normalized spacial score (nSPS) is 11.7. The van der Waals surface area contributed by atoms with Gasteiger partial charge in [0.1, 0.15) is 22.3 Å². The fraction of sp³-hybridized carbons (Fsp3) is 0. The SMILES string of the molecule is c1ccc(-c2ccc(N(c3ccc4c(c3)oc3ccccc34)c3ccc4oc5cc(-c6ccccc6)c6ccccc6c5c4c3)cc2)cc1. The Bertz CT molecular complexity index is 2810. The lowest BCUT2D eigenvalue weighted by atomic mass is 9.95. The summed E-state index contributed by atoms with van der Waals surface area (Å²) in [5, 5.41) is 6.82. The van der Waals surface area contributed by atoms with Crippen LogP contribution in [0.5, 0.6) is 0 Å². The molecule has 0 aliphatic heterocycles. The summed E-state index contributed by atoms with van der Waals surface area (Å²) in [6.45, 7) is 0. The van der Waals surface area contributed by atoms with Gasteiger partial charge in [-0.3, -0.25) is 0 Å². The maximum atomic E-state index is 6.59. The Balaban J connectivity index is 1.19. The van der Waals surface area contributed by atoms with Crippen LogP contribution in [0, 0.1) is 0 Å². The fourth-order valence-electron chi connectivity index (χ4n) is 7.36. The van der Waals surface area contributed by atoms with Crippen molar-refractivity contribution in [1.29, 1.82) is 0 Å². The monoisotopic (exact) mass is 627 g/mol. The molecule has 10 aromatic rings. The molecule has 0 spiro atoms. The van der Waals surface area contributed by atoms with Crippen LogP contribution in [0.25, 0.3) is 76.9 Å². The van der Waals surface area contributed by atoms with E-state index in [1.807, 2.05) is 12.1 Å². The Morgan fingerprint density at radius 1 is 0.306 bits per heavy atom. The number of hydrogen-bond acceptors (Lipinski definition) is 3. The molecule has 0 radical (unpaired) electrons. The van der Waals surface area contributed by atoms with Crippen molar-refractivity contribution in [3.05, 3.63) is 176 Å². The zero-order valence-electron chi connectivity index (χ0n) is 26.5. The van der Waals surface area contributed by atoms with Crippen molar-refractivity contribution < 1.29 is 8.83 Å². The molecule has 0 aliphatic rings. The predicted octanol–water partition coefficient (Wildman–Crippen LogP) is 13.4. The molecule has 49 heavy (non-hydrogen) atoms. The number of anilines is 3. The Hall–Kier alpha value is -6.58. The third kappa shape index (κ3) is 4.51. The van der Waals surface area contributed by atoms with E-state index in [0.29, 0.717) is 0 Å². The first-order valence-corrected chi connectivity index (χ1v) is 16.6. The van der Waals surface area contributed by atoms with Gasteiger partial charge in [-0.2, -0.15) is 0 Å². The summed E-state index contributed by atoms with van der Waals surface area (Å²) in [6, 6.07) is 61.9. The third-order valence-electron chi connectivity index (χ3n) is 9.66. The van der Waals surface area contributed by atoms with Gasteiger partial charge < -0.3 is 13.7 Å². The van der Waals surface area contributed by atoms with Crippen LogP contribution < -0.4 is 4.90 Å². The summed E-state index contributed by atoms with van der Waals surface area (Å²) in [4.78, 5) is 2.31. The summed E-state index contributed by atoms with van der Waals surface area (Å²) in [5.41, 5.74) is 11.3. The van der Waals surface area contributed by atoms with Crippen LogP contribution in [0.1, 0.15) is 0 Å². The number of nitrogens with zero attached hydrogens (tertiary/aromatic N) is 1. The lowest BCUT2D eigenvalue weighted by molar-refractivity contribution is 0.668. The second-order valence-electron chi connectivity index (χ2n) is 12.5. The molecule has 8 aromatic carbocycles. The molecule has 0 fully saturated rings. The van der Waals surface area contributed by atoms with Gasteiger partial charge in [0.05, 0.1) is 0 Å². The molecule has 3 heteroatoms. The summed E-state index contributed by atoms with van der Waals surface area (Å²) in [5.74, 6) is 0. The zero-order valence-corrected chi connectivity index (χ0v) is 26.5. The Morgan fingerprint density at radius 3 is 1.65 bits per heavy atom. The van der Waals surface area contributed by atoms with Crippen molar-refractivity contribution in [2.45, 2.75) is 0 Å². The molecule has 0 saturated carbocycles. The van der Waals surface area contributed by atoms with E-state index in [9.17, 15) is 0 Å². The maximum Gasteiger partial charge on any atom is 0.137 e. The fourth-order valence-corrected chi connectivity index (χ4v) is 7.36. The Labute approximate surface area is 282 Å². The highest BCUT2D eigenvalue weighted by Crippen LogP contribution is 2.44. The molecule has 10 rings (SSSR count). The van der Waals surface area contributed by atoms with Crippen molar-refractivity contribution in [3.8, 4) is 22.3 Å². The van der Waals surface area contributed by atoms with E-state index in [1.165, 1.54) is 33.0 Å². The average molecular weight is 628 g/mol. The molecule has 2 aromatic heterocycles. The minimum Gasteiger partial charge on any atom is -0.456 e. The van der Waals surface area contributed by atoms with Crippen LogP contribution in [0.15, 0.2) is 185 Å². The molecule has 0 bridgehead atoms. The summed E-state index contributed by atoms with van der Waals surface area (Å²) in [7, 11) is 0. The van der Waals surface area contributed by atoms with Gasteiger partial charge in [0.2, 0.25) is 0 Å². The molecule has 3 nitrogen and oxygen atoms in total. The van der Waals surface area contributed by atoms with Gasteiger partial charge in [-0.25, -0.2) is 0 Å². The van der Waals surface area contributed by atoms with Crippen molar-refractivity contribution in [2.24, 2.45) is 0 Å². The highest BCUT2D eigenvalue weighted by Gasteiger charge is 2.20. The van der Waals surface area contributed by atoms with Crippen LogP contribution in [-0.4, -0.2) is 0 Å². The van der Waals surface area contributed by atoms with Gasteiger partial charge >= 0.3 is 0 Å². The summed E-state index contributed by atoms with van der Waals surface area (Å²) >= 11 is 0. The number of para-hydroxylation sites is 1. The van der Waals surface area contributed by atoms with Crippen LogP contribution in [0.3, 0.4) is 0 Å². The first-order chi connectivity index (χ1) is 24.3. The molecular weight excluding hydrogens is 599 g/mol. The topological polar surface area (TPSA) is 29.5 Å². The summed E-state index contributed by atoms with van der Waals surface area (Å²) < 4.78 is 13.0. The highest BCUT2D eigenvalue weighted by atomic mass is 16.3. The lowest BCUT2D eigenvalue weighted by Gasteiger charge is -2.26. The van der Waals surface area contributed by atoms with E-state index in [-0.39, 0.29) is 0 Å². The van der Waals surface area contributed by atoms with Crippen LogP contribution >= 0.6 is 0 Å². The Morgan fingerprint density at radius 2 is 0.857 bits per heavy atom. The van der Waals surface area contributed by atoms with Gasteiger partial charge in [0.15, 0.2) is 0 Å². The standard InChI is InChI=1S/C46H29NO2/c1-3-11-30(12-4-1)31-19-21-33(22-20-31)47(35-23-25-38-37-16-9-10-18-42(37)48-44(38)28-35)34-24-26-43-41(27-34)46-39-17-8-7-15-36(39)40(29-45(46)49-43)32-13-5-2-6-14-32/h1-29H. The lowest BCUT2D eigenvalue weighted by Crippen LogP contribution is -2.09. The van der Waals surface area contributed by atoms with E-state index >= 15 is 0 Å². The van der Waals surface area contributed by atoms with Gasteiger partial charge in [0.25, 0.3) is 0 Å². The first-order valence-electron chi connectivity index (χ1n) is 16.6. The van der Waals surface area contributed by atoms with Gasteiger partial charge in [0, 0.05) is 44.7 Å². The van der Waals surface area contributed by atoms with E-state index in [0.717, 1.165) is 60.9 Å². The number of benzene rings is 8. The highest BCUT2D eigenvalue weighted by molar-refractivity contribution is 6.22. The van der Waals surface area contributed by atoms with E-state index in [1.54, 1.807) is 0 Å². The smallest absolute Gasteiger partial charge is 0.137 e. The molecule has 0 saturated heterocycles. The van der Waals surface area contributed by atoms with Crippen molar-refractivity contribution in [2.75, 3.05) is 4.90 Å². The molecular formula is C46H29NO2. The molecule has 0 aliphatic carbocycles. The number of hydrogen-bond donors (Lipinski definition) is 0. The second-order valence-corrected chi connectivity index (χ2v) is 12.5. The minimum absolute atomic E-state index is 0.860. The molecule has 0 N–H and O–H groups in total. The van der Waals surface area contributed by atoms with E-state index in [2.05, 4.69) is 169 Å². The van der Waals surface area contributed by atoms with Crippen molar-refractivity contribution in [3.63, 3.8) is 0 Å². The second kappa shape index (κ2) is 11.0. The minimum atomic E-state index is 0.860. The van der Waals surface area contributed by atoms with Crippen molar-refractivity contribution in [1.82, 2.24) is 0 Å². The zero-order chi connectivity index (χ0) is 32.3. The molecule has 0 atom stereocenters. The van der Waals surface area contributed by atoms with E-state index < -0.39 is 0 Å². The molecule has 230 valence electrons. The number of rotatable bonds is 5. The molecule has 0 amide bonds. The Kier molecular flexibility index (Phi) is 6.18. The van der Waals surface area contributed by atoms with Crippen molar-refractivity contribution >= 4 is 71.7 Å². The number of fused-ring (bicyclic) bond motifs is 8. The largest absolute Gasteiger partial charge is 0.456 e. The first kappa shape index (κ1) is 27.5. The predicted molar refractivity (Wildman–Crippen MR) is 204 cm³/mol. The van der Waals surface area contributed by atoms with E-state index in [4.69, 9.17) is 8.83 Å². The van der Waals surface area contributed by atoms with Gasteiger partial charge in [-0.05, 0) is 87.6 Å². The summed E-state index contributed by atoms with van der Waals surface area (Å²) in [6.07, 6.45) is 0. The molecule has 0 unspecified atom stereocenters. The maximum absolute atomic E-state index is 6.59. The van der Waals surface area contributed by atoms with Crippen LogP contribution in [-0.2, 0) is 0 Å². The number of furan rings is 2. The quantitative estimate of drug-likeness (QED) is 0.190. The third-order valence-corrected chi connectivity index (χ3v) is 9.66. The van der Waals surface area contributed by atoms with Crippen LogP contribution in [0.2, 0.25) is 0 Å². The average Bonchev–Trinajstić information content (AvgIpc) is 3.73. The van der Waals surface area contributed by atoms with Gasteiger partial charge in [-0.1, -0.05) is 115 Å². The molecule has 2 heterocycles. The van der Waals surface area contributed by atoms with Crippen LogP contribution in [0.4, 0.5) is 17.1 Å².